The van der Waals surface area contributed by atoms with Crippen LogP contribution < -0.4 is 0 Å². The van der Waals surface area contributed by atoms with Crippen molar-refractivity contribution >= 4 is 43.8 Å². The third-order valence-corrected chi connectivity index (χ3v) is 29.6. The number of halogens is 2. The maximum absolute atomic E-state index is 3.71. The normalized spacial score (nSPS) is 18.2. The van der Waals surface area contributed by atoms with Gasteiger partial charge >= 0.3 is 297 Å². The molecule has 50 heavy (non-hydrogen) atoms. The van der Waals surface area contributed by atoms with E-state index in [1.54, 1.807) is 22.3 Å². The Balaban J connectivity index is 0.00000281. The van der Waals surface area contributed by atoms with Crippen LogP contribution in [0.2, 0.25) is 9.26 Å². The summed E-state index contributed by atoms with van der Waals surface area (Å²) in [6.07, 6.45) is 8.86. The fourth-order valence-corrected chi connectivity index (χ4v) is 29.8. The second kappa shape index (κ2) is 15.2. The van der Waals surface area contributed by atoms with Crippen molar-refractivity contribution in [2.45, 2.75) is 103 Å². The van der Waals surface area contributed by atoms with Gasteiger partial charge < -0.3 is 0 Å². The van der Waals surface area contributed by atoms with E-state index in [0.717, 1.165) is 0 Å². The van der Waals surface area contributed by atoms with Crippen molar-refractivity contribution in [3.63, 3.8) is 0 Å². The number of benzene rings is 4. The van der Waals surface area contributed by atoms with Crippen LogP contribution in [0.25, 0.3) is 34.4 Å². The second-order valence-corrected chi connectivity index (χ2v) is 47.9. The second-order valence-electron chi connectivity index (χ2n) is 17.4. The summed E-state index contributed by atoms with van der Waals surface area (Å²) in [6.45, 7) is 21.3. The molecule has 4 aromatic rings. The summed E-state index contributed by atoms with van der Waals surface area (Å²) >= 11 is -3.71. The van der Waals surface area contributed by atoms with E-state index in [9.17, 15) is 0 Å². The van der Waals surface area contributed by atoms with Gasteiger partial charge in [0.05, 0.1) is 0 Å². The van der Waals surface area contributed by atoms with Gasteiger partial charge in [0.15, 0.2) is 0 Å². The molecule has 0 aliphatic heterocycles. The van der Waals surface area contributed by atoms with Gasteiger partial charge in [-0.15, -0.1) is 24.8 Å². The van der Waals surface area contributed by atoms with Crippen molar-refractivity contribution in [1.29, 1.82) is 0 Å². The van der Waals surface area contributed by atoms with Gasteiger partial charge in [0.25, 0.3) is 0 Å². The molecule has 266 valence electrons. The summed E-state index contributed by atoms with van der Waals surface area (Å²) in [5, 5.41) is 0. The molecule has 0 amide bonds. The Bertz CT molecular complexity index is 1970. The van der Waals surface area contributed by atoms with Gasteiger partial charge in [0, 0.05) is 0 Å². The summed E-state index contributed by atoms with van der Waals surface area (Å²) in [6, 6.07) is 33.2. The smallest absolute Gasteiger partial charge is 0.147 e. The zero-order valence-electron chi connectivity index (χ0n) is 32.2. The first-order valence-electron chi connectivity index (χ1n) is 18.6. The minimum absolute atomic E-state index is 0. The van der Waals surface area contributed by atoms with Gasteiger partial charge in [0.2, 0.25) is 0 Å². The zero-order valence-corrected chi connectivity index (χ0v) is 37.7. The van der Waals surface area contributed by atoms with Crippen molar-refractivity contribution in [3.05, 3.63) is 129 Å². The fraction of sp³-hybridized carbons (Fsp3) is 0.391. The Kier molecular flexibility index (Phi) is 12.4. The molecule has 0 bridgehead atoms. The zero-order chi connectivity index (χ0) is 34.6. The molecule has 0 radical (unpaired) electrons. The number of allylic oxidation sites excluding steroid dienone is 2. The first kappa shape index (κ1) is 40.8. The van der Waals surface area contributed by atoms with Gasteiger partial charge in [-0.05, 0) is 0 Å². The summed E-state index contributed by atoms with van der Waals surface area (Å²) < 4.78 is 6.62. The Morgan fingerprint density at radius 1 is 0.680 bits per heavy atom. The van der Waals surface area contributed by atoms with E-state index in [1.165, 1.54) is 63.8 Å². The standard InChI is InChI=1S/C24H29.C20H21.2CH3.2ClH.H2Si.Zr/c1-6-8-17(2)20-15-19-9-7-10-22(23(19)16-20)18-11-13-21(14-12-18)24(3,4)5;1-4-15(3)16-8-10-17(11-9-16)19-7-5-6-18-12-14(2)13-20(18)19;;;;;;/h7,9-17H,6,8H2,1-5H3;5-13,15H,4H2,1-3H3;2*1H3;2*1H;1H2;. The number of hydrogen-bond donors (Lipinski definition) is 0. The minimum atomic E-state index is -3.71. The summed E-state index contributed by atoms with van der Waals surface area (Å²) in [5.74, 6) is 1.17. The molecule has 0 spiro atoms. The van der Waals surface area contributed by atoms with E-state index < -0.39 is 17.4 Å². The Morgan fingerprint density at radius 3 is 1.68 bits per heavy atom. The van der Waals surface area contributed by atoms with Gasteiger partial charge in [-0.3, -0.25) is 0 Å². The van der Waals surface area contributed by atoms with Crippen LogP contribution in [-0.4, -0.2) is 6.88 Å². The van der Waals surface area contributed by atoms with Crippen LogP contribution in [0, 0.1) is 5.92 Å². The molecule has 4 atom stereocenters. The summed E-state index contributed by atoms with van der Waals surface area (Å²) in [4.78, 5) is 0. The van der Waals surface area contributed by atoms with E-state index in [1.807, 2.05) is 0 Å². The molecule has 4 unspecified atom stereocenters. The molecular weight excluding hydrogens is 743 g/mol. The molecule has 0 N–H and O–H groups in total. The van der Waals surface area contributed by atoms with Crippen molar-refractivity contribution in [3.8, 4) is 22.3 Å². The molecule has 0 fully saturated rings. The minimum Gasteiger partial charge on any atom is -0.147 e. The first-order valence-corrected chi connectivity index (χ1v) is 32.3. The van der Waals surface area contributed by atoms with E-state index >= 15 is 0 Å². The number of rotatable bonds is 9. The molecule has 6 rings (SSSR count). The Labute approximate surface area is 319 Å². The molecule has 2 aliphatic carbocycles. The van der Waals surface area contributed by atoms with Gasteiger partial charge in [-0.25, -0.2) is 0 Å². The summed E-state index contributed by atoms with van der Waals surface area (Å²) in [7, 11) is 0. The molecular formula is C46H60Cl2SiZr. The first-order chi connectivity index (χ1) is 22.6. The average molecular weight is 803 g/mol. The van der Waals surface area contributed by atoms with Crippen LogP contribution in [0.15, 0.2) is 96.1 Å². The van der Waals surface area contributed by atoms with Gasteiger partial charge in [-0.1, -0.05) is 0 Å². The molecule has 0 saturated carbocycles. The monoisotopic (exact) mass is 800 g/mol. The topological polar surface area (TPSA) is 0 Å². The number of fused-ring (bicyclic) bond motifs is 2. The largest absolute Gasteiger partial charge is 0.147 e. The van der Waals surface area contributed by atoms with Gasteiger partial charge in [-0.2, -0.15) is 0 Å². The third-order valence-electron chi connectivity index (χ3n) is 12.0. The van der Waals surface area contributed by atoms with Crippen molar-refractivity contribution in [2.24, 2.45) is 5.92 Å². The van der Waals surface area contributed by atoms with Gasteiger partial charge in [0.1, 0.15) is 0 Å². The maximum atomic E-state index is 2.79. The average Bonchev–Trinajstić information content (AvgIpc) is 3.63. The predicted molar refractivity (Wildman–Crippen MR) is 227 cm³/mol. The van der Waals surface area contributed by atoms with E-state index in [2.05, 4.69) is 169 Å². The van der Waals surface area contributed by atoms with Crippen LogP contribution in [0.1, 0.15) is 121 Å². The van der Waals surface area contributed by atoms with E-state index in [4.69, 9.17) is 0 Å². The van der Waals surface area contributed by atoms with E-state index in [0.29, 0.717) is 19.1 Å². The van der Waals surface area contributed by atoms with Crippen molar-refractivity contribution < 1.29 is 17.4 Å². The molecule has 4 heteroatoms. The maximum Gasteiger partial charge on any atom is -0.147 e. The van der Waals surface area contributed by atoms with Crippen LogP contribution in [0.3, 0.4) is 0 Å². The fourth-order valence-electron chi connectivity index (χ4n) is 9.37. The predicted octanol–water partition coefficient (Wildman–Crippen LogP) is 14.0. The van der Waals surface area contributed by atoms with Crippen LogP contribution >= 0.6 is 24.8 Å². The Hall–Kier alpha value is -1.96. The van der Waals surface area contributed by atoms with Crippen LogP contribution in [0.5, 0.6) is 0 Å². The van der Waals surface area contributed by atoms with Crippen molar-refractivity contribution in [2.75, 3.05) is 0 Å². The SMILES string of the molecule is CCCC(C)C1=Cc2c(-c3ccc(C(C)(C)C)cc3)cccc2[CH]1[Zr]([CH3])([CH3])(=[SiH2])[CH]1C(C)=Cc2c(-c3ccc(C(C)CC)cc3)cccc21.Cl.Cl. The van der Waals surface area contributed by atoms with Crippen molar-refractivity contribution in [1.82, 2.24) is 0 Å². The molecule has 2 aliphatic rings. The summed E-state index contributed by atoms with van der Waals surface area (Å²) in [5.41, 5.74) is 17.8. The molecule has 0 heterocycles. The molecule has 0 aromatic heterocycles. The van der Waals surface area contributed by atoms with E-state index in [-0.39, 0.29) is 30.2 Å². The molecule has 0 nitrogen and oxygen atoms in total. The third kappa shape index (κ3) is 7.31. The van der Waals surface area contributed by atoms with Crippen LogP contribution in [0.4, 0.5) is 0 Å². The quantitative estimate of drug-likeness (QED) is 0.148. The number of hydrogen-bond acceptors (Lipinski definition) is 0. The molecule has 4 aromatic carbocycles. The molecule has 0 saturated heterocycles. The van der Waals surface area contributed by atoms with Crippen LogP contribution in [-0.2, 0) is 22.8 Å². The Morgan fingerprint density at radius 2 is 1.18 bits per heavy atom.